The number of fused-ring (bicyclic) bond motifs is 1. The molecule has 0 aliphatic heterocycles. The lowest BCUT2D eigenvalue weighted by molar-refractivity contribution is -0.00252. The predicted octanol–water partition coefficient (Wildman–Crippen LogP) is 3.63. The van der Waals surface area contributed by atoms with Crippen molar-refractivity contribution in [1.29, 1.82) is 0 Å². The van der Waals surface area contributed by atoms with E-state index in [0.717, 1.165) is 6.07 Å². The number of benzene rings is 1. The van der Waals surface area contributed by atoms with Crippen LogP contribution in [0.15, 0.2) is 16.6 Å². The molecule has 1 aromatic rings. The number of aryl methyl sites for hydroxylation is 1. The van der Waals surface area contributed by atoms with Gasteiger partial charge >= 0.3 is 0 Å². The topological polar surface area (TPSA) is 0 Å². The van der Waals surface area contributed by atoms with Crippen LogP contribution in [0, 0.1) is 5.82 Å². The smallest absolute Gasteiger partial charge is 0.207 e. The third-order valence-electron chi connectivity index (χ3n) is 2.21. The first-order valence-corrected chi connectivity index (χ1v) is 4.66. The average Bonchev–Trinajstić information content (AvgIpc) is 2.26. The van der Waals surface area contributed by atoms with Crippen molar-refractivity contribution in [2.75, 3.05) is 0 Å². The summed E-state index contributed by atoms with van der Waals surface area (Å²) in [5, 5.41) is 0. The van der Waals surface area contributed by atoms with Gasteiger partial charge in [-0.3, -0.25) is 0 Å². The van der Waals surface area contributed by atoms with Crippen LogP contribution in [0.5, 0.6) is 0 Å². The highest BCUT2D eigenvalue weighted by molar-refractivity contribution is 9.10. The van der Waals surface area contributed by atoms with Gasteiger partial charge in [0.2, 0.25) is 0 Å². The summed E-state index contributed by atoms with van der Waals surface area (Å²) in [6.45, 7) is 0. The zero-order valence-electron chi connectivity index (χ0n) is 6.58. The highest BCUT2D eigenvalue weighted by atomic mass is 79.9. The SMILES string of the molecule is Fc1cc(Br)c2c(c1)CCC2(F)F. The first kappa shape index (κ1) is 9.06. The summed E-state index contributed by atoms with van der Waals surface area (Å²) < 4.78 is 39.3. The van der Waals surface area contributed by atoms with Gasteiger partial charge in [0.05, 0.1) is 0 Å². The van der Waals surface area contributed by atoms with Crippen LogP contribution in [0.2, 0.25) is 0 Å². The van der Waals surface area contributed by atoms with Gasteiger partial charge in [-0.05, 0) is 24.1 Å². The second kappa shape index (κ2) is 2.74. The van der Waals surface area contributed by atoms with Gasteiger partial charge in [-0.1, -0.05) is 15.9 Å². The summed E-state index contributed by atoms with van der Waals surface area (Å²) in [4.78, 5) is 0. The van der Waals surface area contributed by atoms with E-state index in [2.05, 4.69) is 15.9 Å². The third kappa shape index (κ3) is 1.37. The maximum Gasteiger partial charge on any atom is 0.274 e. The molecule has 0 atom stereocenters. The minimum Gasteiger partial charge on any atom is -0.207 e. The molecule has 0 unspecified atom stereocenters. The van der Waals surface area contributed by atoms with Crippen molar-refractivity contribution in [1.82, 2.24) is 0 Å². The molecular formula is C9H6BrF3. The molecule has 1 aliphatic rings. The molecule has 0 aromatic heterocycles. The molecule has 0 spiro atoms. The molecule has 0 heterocycles. The number of halogens is 4. The second-order valence-corrected chi connectivity index (χ2v) is 3.98. The van der Waals surface area contributed by atoms with E-state index in [1.165, 1.54) is 6.07 Å². The van der Waals surface area contributed by atoms with Gasteiger partial charge in [-0.25, -0.2) is 13.2 Å². The van der Waals surface area contributed by atoms with Crippen LogP contribution in [0.3, 0.4) is 0 Å². The molecule has 1 aliphatic carbocycles. The van der Waals surface area contributed by atoms with Crippen LogP contribution in [-0.2, 0) is 12.3 Å². The van der Waals surface area contributed by atoms with E-state index in [9.17, 15) is 13.2 Å². The zero-order valence-corrected chi connectivity index (χ0v) is 8.17. The molecule has 0 amide bonds. The number of rotatable bonds is 0. The van der Waals surface area contributed by atoms with E-state index in [1.54, 1.807) is 0 Å². The standard InChI is InChI=1S/C9H6BrF3/c10-7-4-6(11)3-5-1-2-9(12,13)8(5)7/h3-4H,1-2H2. The highest BCUT2D eigenvalue weighted by Gasteiger charge is 2.41. The van der Waals surface area contributed by atoms with Crippen LogP contribution in [0.1, 0.15) is 17.5 Å². The molecule has 1 aromatic carbocycles. The van der Waals surface area contributed by atoms with E-state index in [0.29, 0.717) is 5.56 Å². The quantitative estimate of drug-likeness (QED) is 0.660. The normalized spacial score (nSPS) is 18.8. The largest absolute Gasteiger partial charge is 0.274 e. The Hall–Kier alpha value is -0.510. The van der Waals surface area contributed by atoms with E-state index < -0.39 is 11.7 Å². The zero-order chi connectivity index (χ0) is 9.64. The molecule has 4 heteroatoms. The van der Waals surface area contributed by atoms with Crippen molar-refractivity contribution in [2.45, 2.75) is 18.8 Å². The molecule has 0 fully saturated rings. The molecule has 0 bridgehead atoms. The van der Waals surface area contributed by atoms with E-state index in [-0.39, 0.29) is 22.9 Å². The maximum absolute atomic E-state index is 13.2. The average molecular weight is 251 g/mol. The van der Waals surface area contributed by atoms with Gasteiger partial charge in [0.1, 0.15) is 5.82 Å². The van der Waals surface area contributed by atoms with Gasteiger partial charge in [0, 0.05) is 16.5 Å². The van der Waals surface area contributed by atoms with Crippen molar-refractivity contribution in [3.63, 3.8) is 0 Å². The first-order valence-electron chi connectivity index (χ1n) is 3.87. The molecule has 0 N–H and O–H groups in total. The molecular weight excluding hydrogens is 245 g/mol. The lowest BCUT2D eigenvalue weighted by atomic mass is 10.1. The Balaban J connectivity index is 2.65. The van der Waals surface area contributed by atoms with Crippen LogP contribution in [0.4, 0.5) is 13.2 Å². The lowest BCUT2D eigenvalue weighted by Gasteiger charge is -2.11. The van der Waals surface area contributed by atoms with Crippen LogP contribution >= 0.6 is 15.9 Å². The summed E-state index contributed by atoms with van der Waals surface area (Å²) in [5.74, 6) is -3.27. The molecule has 2 rings (SSSR count). The number of hydrogen-bond donors (Lipinski definition) is 0. The second-order valence-electron chi connectivity index (χ2n) is 3.13. The van der Waals surface area contributed by atoms with Crippen LogP contribution < -0.4 is 0 Å². The van der Waals surface area contributed by atoms with Gasteiger partial charge in [-0.15, -0.1) is 0 Å². The van der Waals surface area contributed by atoms with Crippen molar-refractivity contribution in [3.05, 3.63) is 33.5 Å². The summed E-state index contributed by atoms with van der Waals surface area (Å²) in [5.41, 5.74) is 0.366. The van der Waals surface area contributed by atoms with Gasteiger partial charge in [0.15, 0.2) is 0 Å². The predicted molar refractivity (Wildman–Crippen MR) is 46.3 cm³/mol. The van der Waals surface area contributed by atoms with Crippen molar-refractivity contribution < 1.29 is 13.2 Å². The van der Waals surface area contributed by atoms with Crippen molar-refractivity contribution >= 4 is 15.9 Å². The minimum absolute atomic E-state index is 0.0473. The van der Waals surface area contributed by atoms with Gasteiger partial charge < -0.3 is 0 Å². The fourth-order valence-electron chi connectivity index (χ4n) is 1.65. The maximum atomic E-state index is 13.2. The number of hydrogen-bond acceptors (Lipinski definition) is 0. The fourth-order valence-corrected chi connectivity index (χ4v) is 2.41. The third-order valence-corrected chi connectivity index (χ3v) is 2.84. The van der Waals surface area contributed by atoms with Gasteiger partial charge in [0.25, 0.3) is 5.92 Å². The summed E-state index contributed by atoms with van der Waals surface area (Å²) in [6, 6.07) is 2.26. The minimum atomic E-state index is -2.80. The van der Waals surface area contributed by atoms with E-state index in [1.807, 2.05) is 0 Å². The summed E-state index contributed by atoms with van der Waals surface area (Å²) >= 11 is 2.95. The fraction of sp³-hybridized carbons (Fsp3) is 0.333. The molecule has 0 nitrogen and oxygen atoms in total. The highest BCUT2D eigenvalue weighted by Crippen LogP contribution is 2.45. The monoisotopic (exact) mass is 250 g/mol. The Morgan fingerprint density at radius 2 is 2.00 bits per heavy atom. The summed E-state index contributed by atoms with van der Waals surface area (Å²) in [7, 11) is 0. The lowest BCUT2D eigenvalue weighted by Crippen LogP contribution is -2.08. The Morgan fingerprint density at radius 1 is 1.31 bits per heavy atom. The first-order chi connectivity index (χ1) is 6.00. The van der Waals surface area contributed by atoms with Crippen LogP contribution in [0.25, 0.3) is 0 Å². The van der Waals surface area contributed by atoms with Crippen molar-refractivity contribution in [2.24, 2.45) is 0 Å². The molecule has 0 saturated carbocycles. The molecule has 70 valence electrons. The Bertz CT molecular complexity index is 360. The van der Waals surface area contributed by atoms with Gasteiger partial charge in [-0.2, -0.15) is 0 Å². The Morgan fingerprint density at radius 3 is 2.69 bits per heavy atom. The molecule has 13 heavy (non-hydrogen) atoms. The van der Waals surface area contributed by atoms with Crippen LogP contribution in [-0.4, -0.2) is 0 Å². The van der Waals surface area contributed by atoms with E-state index in [4.69, 9.17) is 0 Å². The number of alkyl halides is 2. The molecule has 0 radical (unpaired) electrons. The van der Waals surface area contributed by atoms with Crippen molar-refractivity contribution in [3.8, 4) is 0 Å². The Labute approximate surface area is 81.9 Å². The Kier molecular flexibility index (Phi) is 1.91. The van der Waals surface area contributed by atoms with E-state index >= 15 is 0 Å². The molecule has 0 saturated heterocycles. The summed E-state index contributed by atoms with van der Waals surface area (Å²) in [6.07, 6.45) is 0.0308.